The van der Waals surface area contributed by atoms with Crippen LogP contribution < -0.4 is 10.1 Å². The summed E-state index contributed by atoms with van der Waals surface area (Å²) < 4.78 is 10.9. The maximum atomic E-state index is 11.7. The van der Waals surface area contributed by atoms with Gasteiger partial charge in [-0.15, -0.1) is 6.58 Å². The van der Waals surface area contributed by atoms with Gasteiger partial charge in [0.2, 0.25) is 0 Å². The largest absolute Gasteiger partial charge is 0.485 e. The van der Waals surface area contributed by atoms with Crippen LogP contribution in [0.1, 0.15) is 27.4 Å². The highest BCUT2D eigenvalue weighted by molar-refractivity contribution is 5.92. The van der Waals surface area contributed by atoms with E-state index in [4.69, 9.17) is 9.26 Å². The van der Waals surface area contributed by atoms with Gasteiger partial charge in [-0.25, -0.2) is 0 Å². The molecule has 1 amide bonds. The first kappa shape index (κ1) is 14.8. The summed E-state index contributed by atoms with van der Waals surface area (Å²) in [5.41, 5.74) is 2.34. The van der Waals surface area contributed by atoms with Crippen LogP contribution in [0.3, 0.4) is 0 Å². The average molecular weight is 286 g/mol. The van der Waals surface area contributed by atoms with Crippen LogP contribution in [0.25, 0.3) is 0 Å². The lowest BCUT2D eigenvalue weighted by Crippen LogP contribution is -2.23. The third kappa shape index (κ3) is 3.72. The minimum absolute atomic E-state index is 0.230. The van der Waals surface area contributed by atoms with E-state index in [0.717, 1.165) is 16.9 Å². The summed E-state index contributed by atoms with van der Waals surface area (Å²) in [6.07, 6.45) is 1.60. The second kappa shape index (κ2) is 6.74. The summed E-state index contributed by atoms with van der Waals surface area (Å²) in [6, 6.07) is 7.52. The van der Waals surface area contributed by atoms with Crippen molar-refractivity contribution in [2.75, 3.05) is 6.54 Å². The lowest BCUT2D eigenvalue weighted by molar-refractivity contribution is 0.0948. The molecule has 0 aliphatic rings. The molecule has 5 heteroatoms. The number of benzene rings is 1. The molecule has 1 heterocycles. The van der Waals surface area contributed by atoms with Crippen molar-refractivity contribution >= 4 is 5.91 Å². The number of carbonyl (C=O) groups excluding carboxylic acids is 1. The van der Waals surface area contributed by atoms with Gasteiger partial charge in [-0.2, -0.15) is 0 Å². The Morgan fingerprint density at radius 2 is 2.14 bits per heavy atom. The van der Waals surface area contributed by atoms with E-state index in [0.29, 0.717) is 12.3 Å². The third-order valence-electron chi connectivity index (χ3n) is 2.97. The maximum absolute atomic E-state index is 11.7. The number of aryl methyl sites for hydroxylation is 2. The standard InChI is InChI=1S/C16H18N2O3/c1-4-8-17-16(19)14-9-13(21-18-14)10-20-15-11(2)6-5-7-12(15)3/h4-7,9H,1,8,10H2,2-3H3,(H,17,19). The Balaban J connectivity index is 2.00. The van der Waals surface area contributed by atoms with Crippen molar-refractivity contribution in [2.24, 2.45) is 0 Å². The predicted octanol–water partition coefficient (Wildman–Crippen LogP) is 2.79. The fourth-order valence-electron chi connectivity index (χ4n) is 1.91. The Morgan fingerprint density at radius 3 is 2.81 bits per heavy atom. The molecular formula is C16H18N2O3. The quantitative estimate of drug-likeness (QED) is 0.829. The van der Waals surface area contributed by atoms with Crippen LogP contribution in [0.15, 0.2) is 41.4 Å². The molecular weight excluding hydrogens is 268 g/mol. The maximum Gasteiger partial charge on any atom is 0.273 e. The zero-order valence-corrected chi connectivity index (χ0v) is 12.2. The Morgan fingerprint density at radius 1 is 1.43 bits per heavy atom. The predicted molar refractivity (Wildman–Crippen MR) is 79.3 cm³/mol. The molecule has 0 radical (unpaired) electrons. The molecule has 1 aromatic heterocycles. The Labute approximate surface area is 123 Å². The van der Waals surface area contributed by atoms with Crippen molar-refractivity contribution in [3.63, 3.8) is 0 Å². The fraction of sp³-hybridized carbons (Fsp3) is 0.250. The topological polar surface area (TPSA) is 64.4 Å². The molecule has 1 N–H and O–H groups in total. The molecule has 0 fully saturated rings. The smallest absolute Gasteiger partial charge is 0.273 e. The van der Waals surface area contributed by atoms with E-state index < -0.39 is 0 Å². The van der Waals surface area contributed by atoms with E-state index in [9.17, 15) is 4.79 Å². The lowest BCUT2D eigenvalue weighted by atomic mass is 10.1. The van der Waals surface area contributed by atoms with Crippen molar-refractivity contribution in [1.29, 1.82) is 0 Å². The van der Waals surface area contributed by atoms with E-state index in [-0.39, 0.29) is 18.2 Å². The molecule has 0 saturated carbocycles. The number of nitrogens with zero attached hydrogens (tertiary/aromatic N) is 1. The van der Waals surface area contributed by atoms with Gasteiger partial charge in [0.1, 0.15) is 12.4 Å². The number of aromatic nitrogens is 1. The molecule has 2 aromatic rings. The van der Waals surface area contributed by atoms with Gasteiger partial charge in [0, 0.05) is 12.6 Å². The molecule has 21 heavy (non-hydrogen) atoms. The second-order valence-corrected chi connectivity index (χ2v) is 4.69. The van der Waals surface area contributed by atoms with Crippen LogP contribution >= 0.6 is 0 Å². The van der Waals surface area contributed by atoms with E-state index in [1.54, 1.807) is 12.1 Å². The molecule has 0 aliphatic carbocycles. The van der Waals surface area contributed by atoms with Crippen LogP contribution in [-0.2, 0) is 6.61 Å². The first-order valence-corrected chi connectivity index (χ1v) is 6.65. The van der Waals surface area contributed by atoms with Gasteiger partial charge < -0.3 is 14.6 Å². The van der Waals surface area contributed by atoms with Crippen LogP contribution in [0.5, 0.6) is 5.75 Å². The zero-order valence-electron chi connectivity index (χ0n) is 12.2. The highest BCUT2D eigenvalue weighted by Gasteiger charge is 2.12. The first-order valence-electron chi connectivity index (χ1n) is 6.65. The molecule has 0 atom stereocenters. The van der Waals surface area contributed by atoms with E-state index in [1.807, 2.05) is 32.0 Å². The number of ether oxygens (including phenoxy) is 1. The molecule has 0 saturated heterocycles. The summed E-state index contributed by atoms with van der Waals surface area (Å²) in [7, 11) is 0. The lowest BCUT2D eigenvalue weighted by Gasteiger charge is -2.09. The minimum atomic E-state index is -0.294. The molecule has 0 spiro atoms. The van der Waals surface area contributed by atoms with Gasteiger partial charge >= 0.3 is 0 Å². The monoisotopic (exact) mass is 286 g/mol. The molecule has 0 bridgehead atoms. The third-order valence-corrected chi connectivity index (χ3v) is 2.97. The molecule has 2 rings (SSSR count). The van der Waals surface area contributed by atoms with Crippen molar-refractivity contribution < 1.29 is 14.1 Å². The number of nitrogens with one attached hydrogen (secondary N) is 1. The Kier molecular flexibility index (Phi) is 4.77. The summed E-state index contributed by atoms with van der Waals surface area (Å²) in [5.74, 6) is 1.03. The first-order chi connectivity index (χ1) is 10.1. The summed E-state index contributed by atoms with van der Waals surface area (Å²) in [4.78, 5) is 11.7. The van der Waals surface area contributed by atoms with Crippen LogP contribution in [-0.4, -0.2) is 17.6 Å². The summed E-state index contributed by atoms with van der Waals surface area (Å²) >= 11 is 0. The molecule has 5 nitrogen and oxygen atoms in total. The summed E-state index contributed by atoms with van der Waals surface area (Å²) in [5, 5.41) is 6.36. The molecule has 0 unspecified atom stereocenters. The number of carbonyl (C=O) groups is 1. The highest BCUT2D eigenvalue weighted by atomic mass is 16.5. The highest BCUT2D eigenvalue weighted by Crippen LogP contribution is 2.23. The van der Waals surface area contributed by atoms with Crippen molar-refractivity contribution in [1.82, 2.24) is 10.5 Å². The number of rotatable bonds is 6. The molecule has 110 valence electrons. The van der Waals surface area contributed by atoms with Gasteiger partial charge in [0.15, 0.2) is 11.5 Å². The number of para-hydroxylation sites is 1. The summed E-state index contributed by atoms with van der Waals surface area (Å²) in [6.45, 7) is 8.12. The number of hydrogen-bond acceptors (Lipinski definition) is 4. The number of amides is 1. The van der Waals surface area contributed by atoms with Gasteiger partial charge in [-0.1, -0.05) is 29.4 Å². The normalized spacial score (nSPS) is 10.2. The van der Waals surface area contributed by atoms with Crippen molar-refractivity contribution in [3.8, 4) is 5.75 Å². The van der Waals surface area contributed by atoms with E-state index in [2.05, 4.69) is 17.1 Å². The Hall–Kier alpha value is -2.56. The van der Waals surface area contributed by atoms with Crippen molar-refractivity contribution in [3.05, 3.63) is 59.5 Å². The van der Waals surface area contributed by atoms with Gasteiger partial charge in [-0.05, 0) is 25.0 Å². The zero-order chi connectivity index (χ0) is 15.2. The van der Waals surface area contributed by atoms with Crippen LogP contribution in [0.4, 0.5) is 0 Å². The average Bonchev–Trinajstić information content (AvgIpc) is 2.93. The number of hydrogen-bond donors (Lipinski definition) is 1. The Bertz CT molecular complexity index is 626. The van der Waals surface area contributed by atoms with Gasteiger partial charge in [0.05, 0.1) is 0 Å². The molecule has 0 aliphatic heterocycles. The fourth-order valence-corrected chi connectivity index (χ4v) is 1.91. The van der Waals surface area contributed by atoms with Gasteiger partial charge in [0.25, 0.3) is 5.91 Å². The molecule has 1 aromatic carbocycles. The van der Waals surface area contributed by atoms with Crippen LogP contribution in [0, 0.1) is 13.8 Å². The van der Waals surface area contributed by atoms with Gasteiger partial charge in [-0.3, -0.25) is 4.79 Å². The minimum Gasteiger partial charge on any atom is -0.485 e. The van der Waals surface area contributed by atoms with Crippen LogP contribution in [0.2, 0.25) is 0 Å². The van der Waals surface area contributed by atoms with Crippen molar-refractivity contribution in [2.45, 2.75) is 20.5 Å². The second-order valence-electron chi connectivity index (χ2n) is 4.69. The van der Waals surface area contributed by atoms with E-state index >= 15 is 0 Å². The SMILES string of the molecule is C=CCNC(=O)c1cc(COc2c(C)cccc2C)on1. The van der Waals surface area contributed by atoms with E-state index in [1.165, 1.54) is 0 Å².